The van der Waals surface area contributed by atoms with Crippen LogP contribution in [0.4, 0.5) is 0 Å². The molecule has 1 fully saturated rings. The number of aryl methyl sites for hydroxylation is 1. The zero-order chi connectivity index (χ0) is 22.4. The predicted molar refractivity (Wildman–Crippen MR) is 120 cm³/mol. The lowest BCUT2D eigenvalue weighted by Gasteiger charge is -2.39. The molecule has 0 aliphatic carbocycles. The second-order valence-electron chi connectivity index (χ2n) is 10.6. The average molecular weight is 441 g/mol. The molecule has 164 valence electrons. The lowest BCUT2D eigenvalue weighted by atomic mass is 10.1. The maximum absolute atomic E-state index is 12.8. The highest BCUT2D eigenvalue weighted by molar-refractivity contribution is 7.03. The summed E-state index contributed by atoms with van der Waals surface area (Å²) in [6.07, 6.45) is 1.07. The van der Waals surface area contributed by atoms with Gasteiger partial charge in [0.2, 0.25) is 0 Å². The van der Waals surface area contributed by atoms with Crippen LogP contribution >= 0.6 is 0 Å². The van der Waals surface area contributed by atoms with E-state index in [4.69, 9.17) is 9.16 Å². The zero-order valence-corrected chi connectivity index (χ0v) is 21.2. The third-order valence-corrected chi connectivity index (χ3v) is 12.5. The van der Waals surface area contributed by atoms with Crippen LogP contribution in [0.2, 0.25) is 37.8 Å². The van der Waals surface area contributed by atoms with Gasteiger partial charge < -0.3 is 14.0 Å². The maximum atomic E-state index is 12.8. The van der Waals surface area contributed by atoms with Crippen molar-refractivity contribution in [1.29, 1.82) is 0 Å². The molecule has 0 bridgehead atoms. The van der Waals surface area contributed by atoms with Gasteiger partial charge in [-0.05, 0) is 25.1 Å². The maximum Gasteiger partial charge on any atom is 0.330 e. The van der Waals surface area contributed by atoms with E-state index < -0.39 is 40.0 Å². The molecule has 1 aromatic rings. The van der Waals surface area contributed by atoms with Crippen molar-refractivity contribution in [1.82, 2.24) is 9.55 Å². The first-order valence-electron chi connectivity index (χ1n) is 10.2. The van der Waals surface area contributed by atoms with Gasteiger partial charge in [-0.2, -0.15) is 0 Å². The minimum atomic E-state index is -2.10. The molecule has 0 saturated carbocycles. The Balaban J connectivity index is 2.36. The number of carbonyl (C=O) groups is 1. The molecule has 7 nitrogen and oxygen atoms in total. The number of ether oxygens (including phenoxy) is 1. The molecule has 0 aromatic carbocycles. The van der Waals surface area contributed by atoms with Gasteiger partial charge in [0, 0.05) is 24.6 Å². The summed E-state index contributed by atoms with van der Waals surface area (Å²) in [6, 6.07) is 0. The third-order valence-electron chi connectivity index (χ3n) is 6.11. The van der Waals surface area contributed by atoms with Gasteiger partial charge in [0.15, 0.2) is 8.32 Å². The van der Waals surface area contributed by atoms with Gasteiger partial charge in [0.25, 0.3) is 5.56 Å². The van der Waals surface area contributed by atoms with Gasteiger partial charge in [-0.1, -0.05) is 40.4 Å². The van der Waals surface area contributed by atoms with Crippen molar-refractivity contribution in [2.75, 3.05) is 0 Å². The number of aromatic amines is 1. The van der Waals surface area contributed by atoms with Crippen LogP contribution in [0.15, 0.2) is 15.8 Å². The van der Waals surface area contributed by atoms with Crippen LogP contribution in [-0.4, -0.2) is 43.6 Å². The Morgan fingerprint density at radius 1 is 1.24 bits per heavy atom. The fourth-order valence-corrected chi connectivity index (χ4v) is 5.19. The number of nitrogens with zero attached hydrogens (tertiary/aromatic N) is 1. The summed E-state index contributed by atoms with van der Waals surface area (Å²) in [5.41, 5.74) is -0.464. The first-order chi connectivity index (χ1) is 13.0. The molecule has 3 atom stereocenters. The molecule has 2 heterocycles. The average Bonchev–Trinajstić information content (AvgIpc) is 2.90. The topological polar surface area (TPSA) is 90.4 Å². The number of aromatic nitrogens is 2. The summed E-state index contributed by atoms with van der Waals surface area (Å²) in [5.74, 6) is 0. The summed E-state index contributed by atoms with van der Waals surface area (Å²) < 4.78 is 14.2. The smallest absolute Gasteiger partial charge is 0.330 e. The van der Waals surface area contributed by atoms with E-state index in [1.165, 1.54) is 10.8 Å². The second kappa shape index (κ2) is 8.09. The van der Waals surface area contributed by atoms with Gasteiger partial charge in [-0.3, -0.25) is 14.3 Å². The quantitative estimate of drug-likeness (QED) is 0.685. The lowest BCUT2D eigenvalue weighted by Crippen LogP contribution is -2.47. The SMILES string of the molecule is Cc1cn([C@H]2C[C@@H](O[Si](C)(C)C(C)(C)C)[C@@H](CC(=O)[Si](C)(C)C)O2)c(=O)[nH]c1=O. The molecular weight excluding hydrogens is 404 g/mol. The highest BCUT2D eigenvalue weighted by Crippen LogP contribution is 2.41. The number of rotatable bonds is 6. The third kappa shape index (κ3) is 5.45. The molecule has 2 rings (SSSR count). The molecule has 9 heteroatoms. The molecular formula is C20H36N2O5Si2. The number of H-pyrrole nitrogens is 1. The Morgan fingerprint density at radius 2 is 1.83 bits per heavy atom. The normalized spacial score (nSPS) is 23.4. The van der Waals surface area contributed by atoms with Crippen molar-refractivity contribution in [2.45, 2.75) is 96.7 Å². The predicted octanol–water partition coefficient (Wildman–Crippen LogP) is 3.36. The fourth-order valence-electron chi connectivity index (χ4n) is 3.02. The Morgan fingerprint density at radius 3 is 2.34 bits per heavy atom. The van der Waals surface area contributed by atoms with Crippen LogP contribution in [0, 0.1) is 6.92 Å². The van der Waals surface area contributed by atoms with Crippen molar-refractivity contribution >= 4 is 21.8 Å². The van der Waals surface area contributed by atoms with Crippen LogP contribution in [0.3, 0.4) is 0 Å². The van der Waals surface area contributed by atoms with E-state index in [0.29, 0.717) is 18.4 Å². The second-order valence-corrected chi connectivity index (χ2v) is 20.5. The number of nitrogens with one attached hydrogen (secondary N) is 1. The molecule has 1 saturated heterocycles. The number of carbonyl (C=O) groups excluding carboxylic acids is 1. The van der Waals surface area contributed by atoms with E-state index in [-0.39, 0.29) is 16.5 Å². The van der Waals surface area contributed by atoms with Crippen LogP contribution in [0.1, 0.15) is 45.4 Å². The van der Waals surface area contributed by atoms with Gasteiger partial charge >= 0.3 is 5.69 Å². The summed E-state index contributed by atoms with van der Waals surface area (Å²) >= 11 is 0. The van der Waals surface area contributed by atoms with Crippen molar-refractivity contribution in [2.24, 2.45) is 0 Å². The molecule has 29 heavy (non-hydrogen) atoms. The number of hydrogen-bond acceptors (Lipinski definition) is 5. The van der Waals surface area contributed by atoms with E-state index in [1.807, 2.05) is 19.6 Å². The summed E-state index contributed by atoms with van der Waals surface area (Å²) in [5, 5.41) is 0.251. The van der Waals surface area contributed by atoms with Gasteiger partial charge in [0.05, 0.1) is 12.2 Å². The van der Waals surface area contributed by atoms with Crippen molar-refractivity contribution in [3.05, 3.63) is 32.6 Å². The molecule has 1 aliphatic heterocycles. The van der Waals surface area contributed by atoms with Crippen LogP contribution in [0.25, 0.3) is 0 Å². The molecule has 1 aliphatic rings. The Labute approximate surface area is 175 Å². The molecule has 0 spiro atoms. The van der Waals surface area contributed by atoms with Crippen molar-refractivity contribution in [3.63, 3.8) is 0 Å². The Bertz CT molecular complexity index is 877. The van der Waals surface area contributed by atoms with Gasteiger partial charge in [-0.25, -0.2) is 4.79 Å². The summed E-state index contributed by atoms with van der Waals surface area (Å²) in [4.78, 5) is 39.2. The molecule has 0 unspecified atom stereocenters. The van der Waals surface area contributed by atoms with Gasteiger partial charge in [-0.15, -0.1) is 0 Å². The van der Waals surface area contributed by atoms with Gasteiger partial charge in [0.1, 0.15) is 19.7 Å². The van der Waals surface area contributed by atoms with Crippen molar-refractivity contribution in [3.8, 4) is 0 Å². The highest BCUT2D eigenvalue weighted by atomic mass is 28.4. The van der Waals surface area contributed by atoms with Crippen LogP contribution in [-0.2, 0) is 14.0 Å². The van der Waals surface area contributed by atoms with E-state index in [0.717, 1.165) is 0 Å². The minimum Gasteiger partial charge on any atom is -0.411 e. The van der Waals surface area contributed by atoms with Crippen LogP contribution < -0.4 is 11.2 Å². The van der Waals surface area contributed by atoms with E-state index >= 15 is 0 Å². The Kier molecular flexibility index (Phi) is 6.69. The Hall–Kier alpha value is -1.30. The largest absolute Gasteiger partial charge is 0.411 e. The molecule has 1 aromatic heterocycles. The number of hydrogen-bond donors (Lipinski definition) is 1. The molecule has 0 amide bonds. The van der Waals surface area contributed by atoms with E-state index in [2.05, 4.69) is 38.8 Å². The highest BCUT2D eigenvalue weighted by Gasteiger charge is 2.46. The van der Waals surface area contributed by atoms with Crippen LogP contribution in [0.5, 0.6) is 0 Å². The fraction of sp³-hybridized carbons (Fsp3) is 0.750. The zero-order valence-electron chi connectivity index (χ0n) is 19.2. The first-order valence-corrected chi connectivity index (χ1v) is 16.6. The monoisotopic (exact) mass is 440 g/mol. The van der Waals surface area contributed by atoms with E-state index in [1.54, 1.807) is 6.92 Å². The van der Waals surface area contributed by atoms with E-state index in [9.17, 15) is 14.4 Å². The molecule has 1 N–H and O–H groups in total. The molecule has 0 radical (unpaired) electrons. The summed E-state index contributed by atoms with van der Waals surface area (Å²) in [6.45, 7) is 18.6. The van der Waals surface area contributed by atoms with Crippen molar-refractivity contribution < 1.29 is 14.0 Å². The minimum absolute atomic E-state index is 0.0177. The lowest BCUT2D eigenvalue weighted by molar-refractivity contribution is -0.117. The standard InChI is InChI=1S/C20H36N2O5Si2/c1-13-12-22(19(25)21-18(13)24)16-10-15(27-29(8,9)20(2,3)4)14(26-16)11-17(23)28(5,6)7/h12,14-16H,10-11H2,1-9H3,(H,21,24,25)/t14-,15-,16-/m1/s1. The summed E-state index contributed by atoms with van der Waals surface area (Å²) in [7, 11) is -4.06. The first kappa shape index (κ1) is 24.0.